The van der Waals surface area contributed by atoms with Crippen LogP contribution in [0.4, 0.5) is 11.5 Å². The highest BCUT2D eigenvalue weighted by Crippen LogP contribution is 2.29. The van der Waals surface area contributed by atoms with Gasteiger partial charge in [0.25, 0.3) is 0 Å². The van der Waals surface area contributed by atoms with Crippen molar-refractivity contribution in [3.8, 4) is 0 Å². The number of aryl methyl sites for hydroxylation is 2. The first-order valence-corrected chi connectivity index (χ1v) is 6.43. The van der Waals surface area contributed by atoms with Gasteiger partial charge in [-0.15, -0.1) is 11.3 Å². The van der Waals surface area contributed by atoms with Crippen molar-refractivity contribution >= 4 is 22.8 Å². The van der Waals surface area contributed by atoms with Crippen molar-refractivity contribution in [1.82, 2.24) is 4.98 Å². The van der Waals surface area contributed by atoms with Crippen molar-refractivity contribution < 1.29 is 0 Å². The van der Waals surface area contributed by atoms with E-state index in [9.17, 15) is 0 Å². The van der Waals surface area contributed by atoms with Crippen LogP contribution in [0.25, 0.3) is 0 Å². The summed E-state index contributed by atoms with van der Waals surface area (Å²) in [5, 5.41) is 3.35. The summed E-state index contributed by atoms with van der Waals surface area (Å²) >= 11 is 1.82. The number of nitrogens with zero attached hydrogens (tertiary/aromatic N) is 1. The summed E-state index contributed by atoms with van der Waals surface area (Å²) in [6.07, 6.45) is 1.75. The van der Waals surface area contributed by atoms with Gasteiger partial charge in [0.15, 0.2) is 0 Å². The molecule has 90 valence electrons. The average Bonchev–Trinajstić information content (AvgIpc) is 2.61. The molecule has 0 fully saturated rings. The SMILES string of the molecule is Cc1cc(C(C)Nc2ncccc2N)c(C)s1. The second-order valence-electron chi connectivity index (χ2n) is 4.18. The second-order valence-corrected chi connectivity index (χ2v) is 5.64. The topological polar surface area (TPSA) is 50.9 Å². The van der Waals surface area contributed by atoms with Gasteiger partial charge in [0, 0.05) is 16.0 Å². The Bertz CT molecular complexity index is 519. The van der Waals surface area contributed by atoms with Crippen LogP contribution >= 0.6 is 11.3 Å². The van der Waals surface area contributed by atoms with E-state index >= 15 is 0 Å². The minimum atomic E-state index is 0.220. The molecular formula is C13H17N3S. The quantitative estimate of drug-likeness (QED) is 0.872. The Kier molecular flexibility index (Phi) is 3.33. The van der Waals surface area contributed by atoms with Crippen LogP contribution in [0.1, 0.15) is 28.3 Å². The van der Waals surface area contributed by atoms with Crippen molar-refractivity contribution in [2.75, 3.05) is 11.1 Å². The van der Waals surface area contributed by atoms with Gasteiger partial charge in [-0.3, -0.25) is 0 Å². The number of nitrogen functional groups attached to an aromatic ring is 1. The molecule has 0 amide bonds. The predicted molar refractivity (Wildman–Crippen MR) is 74.5 cm³/mol. The zero-order valence-electron chi connectivity index (χ0n) is 10.3. The number of aromatic nitrogens is 1. The standard InChI is InChI=1S/C13H17N3S/c1-8-7-11(10(3)17-8)9(2)16-13-12(14)5-4-6-15-13/h4-7,9H,14H2,1-3H3,(H,15,16). The third kappa shape index (κ3) is 2.58. The molecule has 0 aromatic carbocycles. The van der Waals surface area contributed by atoms with Crippen molar-refractivity contribution in [3.63, 3.8) is 0 Å². The number of nitrogens with two attached hydrogens (primary N) is 1. The van der Waals surface area contributed by atoms with Crippen LogP contribution in [0.5, 0.6) is 0 Å². The van der Waals surface area contributed by atoms with Gasteiger partial charge in [-0.05, 0) is 44.5 Å². The van der Waals surface area contributed by atoms with Gasteiger partial charge in [-0.2, -0.15) is 0 Å². The molecule has 3 N–H and O–H groups in total. The number of pyridine rings is 1. The Balaban J connectivity index is 2.20. The fourth-order valence-corrected chi connectivity index (χ4v) is 2.92. The molecule has 3 nitrogen and oxygen atoms in total. The van der Waals surface area contributed by atoms with Gasteiger partial charge in [-0.1, -0.05) is 0 Å². The van der Waals surface area contributed by atoms with Crippen molar-refractivity contribution in [2.45, 2.75) is 26.8 Å². The summed E-state index contributed by atoms with van der Waals surface area (Å²) in [6.45, 7) is 6.40. The van der Waals surface area contributed by atoms with Crippen LogP contribution < -0.4 is 11.1 Å². The van der Waals surface area contributed by atoms with Gasteiger partial charge >= 0.3 is 0 Å². The van der Waals surface area contributed by atoms with Gasteiger partial charge in [-0.25, -0.2) is 4.98 Å². The summed E-state index contributed by atoms with van der Waals surface area (Å²) in [5.74, 6) is 0.753. The normalized spacial score (nSPS) is 12.4. The maximum Gasteiger partial charge on any atom is 0.149 e. The van der Waals surface area contributed by atoms with Crippen LogP contribution in [0.15, 0.2) is 24.4 Å². The van der Waals surface area contributed by atoms with Crippen LogP contribution in [0, 0.1) is 13.8 Å². The monoisotopic (exact) mass is 247 g/mol. The molecule has 2 aromatic rings. The van der Waals surface area contributed by atoms with E-state index in [4.69, 9.17) is 5.73 Å². The maximum absolute atomic E-state index is 5.87. The molecule has 0 spiro atoms. The van der Waals surface area contributed by atoms with Crippen molar-refractivity contribution in [1.29, 1.82) is 0 Å². The first kappa shape index (κ1) is 11.9. The van der Waals surface area contributed by atoms with Crippen LogP contribution in [0.2, 0.25) is 0 Å². The molecule has 0 saturated carbocycles. The Hall–Kier alpha value is -1.55. The second kappa shape index (κ2) is 4.75. The molecule has 0 saturated heterocycles. The molecule has 0 aliphatic rings. The Morgan fingerprint density at radius 3 is 2.76 bits per heavy atom. The lowest BCUT2D eigenvalue weighted by atomic mass is 10.1. The molecule has 0 bridgehead atoms. The molecule has 0 radical (unpaired) electrons. The zero-order chi connectivity index (χ0) is 12.4. The molecule has 2 aromatic heterocycles. The predicted octanol–water partition coefficient (Wildman–Crippen LogP) is 3.52. The number of rotatable bonds is 3. The van der Waals surface area contributed by atoms with E-state index in [1.807, 2.05) is 23.5 Å². The Morgan fingerprint density at radius 1 is 1.41 bits per heavy atom. The third-order valence-corrected chi connectivity index (χ3v) is 3.72. The highest BCUT2D eigenvalue weighted by molar-refractivity contribution is 7.12. The molecule has 0 aliphatic carbocycles. The molecule has 0 aliphatic heterocycles. The number of nitrogens with one attached hydrogen (secondary N) is 1. The summed E-state index contributed by atoms with van der Waals surface area (Å²) in [6, 6.07) is 6.13. The van der Waals surface area contributed by atoms with E-state index in [-0.39, 0.29) is 6.04 Å². The first-order chi connectivity index (χ1) is 8.08. The van der Waals surface area contributed by atoms with Crippen molar-refractivity contribution in [2.24, 2.45) is 0 Å². The number of hydrogen-bond donors (Lipinski definition) is 2. The van der Waals surface area contributed by atoms with Gasteiger partial charge < -0.3 is 11.1 Å². The van der Waals surface area contributed by atoms with E-state index in [2.05, 4.69) is 37.1 Å². The van der Waals surface area contributed by atoms with Crippen LogP contribution in [-0.2, 0) is 0 Å². The van der Waals surface area contributed by atoms with Crippen LogP contribution in [0.3, 0.4) is 0 Å². The smallest absolute Gasteiger partial charge is 0.149 e. The summed E-state index contributed by atoms with van der Waals surface area (Å²) < 4.78 is 0. The lowest BCUT2D eigenvalue weighted by molar-refractivity contribution is 0.873. The van der Waals surface area contributed by atoms with E-state index in [0.717, 1.165) is 5.82 Å². The Morgan fingerprint density at radius 2 is 2.18 bits per heavy atom. The lowest BCUT2D eigenvalue weighted by Gasteiger charge is -2.15. The summed E-state index contributed by atoms with van der Waals surface area (Å²) in [5.41, 5.74) is 7.87. The molecule has 1 atom stereocenters. The minimum Gasteiger partial charge on any atom is -0.396 e. The number of hydrogen-bond acceptors (Lipinski definition) is 4. The van der Waals surface area contributed by atoms with Crippen LogP contribution in [-0.4, -0.2) is 4.98 Å². The number of thiophene rings is 1. The van der Waals surface area contributed by atoms with Gasteiger partial charge in [0.1, 0.15) is 5.82 Å². The van der Waals surface area contributed by atoms with E-state index < -0.39 is 0 Å². The van der Waals surface area contributed by atoms with Gasteiger partial charge in [0.2, 0.25) is 0 Å². The van der Waals surface area contributed by atoms with Gasteiger partial charge in [0.05, 0.1) is 11.7 Å². The average molecular weight is 247 g/mol. The number of anilines is 2. The molecule has 2 rings (SSSR count). The summed E-state index contributed by atoms with van der Waals surface area (Å²) in [7, 11) is 0. The summed E-state index contributed by atoms with van der Waals surface area (Å²) in [4.78, 5) is 6.93. The van der Waals surface area contributed by atoms with E-state index in [1.54, 1.807) is 6.20 Å². The molecule has 1 unspecified atom stereocenters. The Labute approximate surface area is 106 Å². The minimum absolute atomic E-state index is 0.220. The highest BCUT2D eigenvalue weighted by atomic mass is 32.1. The zero-order valence-corrected chi connectivity index (χ0v) is 11.1. The molecule has 2 heterocycles. The van der Waals surface area contributed by atoms with E-state index in [1.165, 1.54) is 15.3 Å². The molecular weight excluding hydrogens is 230 g/mol. The van der Waals surface area contributed by atoms with E-state index in [0.29, 0.717) is 5.69 Å². The fourth-order valence-electron chi connectivity index (χ4n) is 1.90. The fraction of sp³-hybridized carbons (Fsp3) is 0.308. The highest BCUT2D eigenvalue weighted by Gasteiger charge is 2.12. The largest absolute Gasteiger partial charge is 0.396 e. The molecule has 4 heteroatoms. The lowest BCUT2D eigenvalue weighted by Crippen LogP contribution is -2.09. The molecule has 17 heavy (non-hydrogen) atoms. The van der Waals surface area contributed by atoms with Crippen molar-refractivity contribution in [3.05, 3.63) is 39.7 Å². The maximum atomic E-state index is 5.87. The third-order valence-electron chi connectivity index (χ3n) is 2.74. The first-order valence-electron chi connectivity index (χ1n) is 5.62.